The van der Waals surface area contributed by atoms with Gasteiger partial charge in [0.15, 0.2) is 6.10 Å². The van der Waals surface area contributed by atoms with Gasteiger partial charge in [0.1, 0.15) is 5.75 Å². The Kier molecular flexibility index (Phi) is 5.04. The van der Waals surface area contributed by atoms with Gasteiger partial charge in [0.05, 0.1) is 11.7 Å². The lowest BCUT2D eigenvalue weighted by Gasteiger charge is -2.26. The number of fused-ring (bicyclic) bond motifs is 1. The highest BCUT2D eigenvalue weighted by Crippen LogP contribution is 2.33. The van der Waals surface area contributed by atoms with Crippen molar-refractivity contribution in [3.05, 3.63) is 23.8 Å². The molecule has 0 aliphatic carbocycles. The van der Waals surface area contributed by atoms with E-state index in [-0.39, 0.29) is 17.9 Å². The van der Waals surface area contributed by atoms with Crippen LogP contribution in [0.15, 0.2) is 18.2 Å². The van der Waals surface area contributed by atoms with Crippen LogP contribution in [0.3, 0.4) is 0 Å². The van der Waals surface area contributed by atoms with Crippen LogP contribution in [0.25, 0.3) is 0 Å². The molecule has 1 aromatic carbocycles. The number of carbonyl (C=O) groups is 2. The fraction of sp³-hybridized carbons (Fsp3) is 0.556. The third kappa shape index (κ3) is 3.70. The third-order valence-corrected chi connectivity index (χ3v) is 4.67. The van der Waals surface area contributed by atoms with E-state index in [1.165, 1.54) is 0 Å². The van der Waals surface area contributed by atoms with Gasteiger partial charge in [0.25, 0.3) is 5.91 Å². The van der Waals surface area contributed by atoms with Crippen molar-refractivity contribution in [2.24, 2.45) is 0 Å². The van der Waals surface area contributed by atoms with Crippen molar-refractivity contribution in [1.29, 1.82) is 0 Å². The number of hydrogen-bond donors (Lipinski definition) is 3. The van der Waals surface area contributed by atoms with Crippen molar-refractivity contribution in [3.63, 3.8) is 0 Å². The zero-order chi connectivity index (χ0) is 17.1. The molecule has 0 bridgehead atoms. The van der Waals surface area contributed by atoms with Gasteiger partial charge >= 0.3 is 0 Å². The van der Waals surface area contributed by atoms with E-state index in [1.807, 2.05) is 32.0 Å². The molecule has 3 rings (SSSR count). The predicted octanol–water partition coefficient (Wildman–Crippen LogP) is 2.12. The summed E-state index contributed by atoms with van der Waals surface area (Å²) in [5.41, 5.74) is 1.65. The van der Waals surface area contributed by atoms with Crippen molar-refractivity contribution in [2.45, 2.75) is 57.7 Å². The highest BCUT2D eigenvalue weighted by atomic mass is 16.5. The van der Waals surface area contributed by atoms with E-state index in [0.29, 0.717) is 30.3 Å². The fourth-order valence-corrected chi connectivity index (χ4v) is 3.24. The maximum Gasteiger partial charge on any atom is 0.265 e. The molecule has 1 aromatic rings. The van der Waals surface area contributed by atoms with Crippen molar-refractivity contribution < 1.29 is 14.3 Å². The van der Waals surface area contributed by atoms with Gasteiger partial charge in [-0.15, -0.1) is 0 Å². The van der Waals surface area contributed by atoms with Gasteiger partial charge in [-0.25, -0.2) is 0 Å². The van der Waals surface area contributed by atoms with Crippen LogP contribution in [-0.4, -0.2) is 30.5 Å². The van der Waals surface area contributed by atoms with Crippen LogP contribution < -0.4 is 20.7 Å². The summed E-state index contributed by atoms with van der Waals surface area (Å²) in [5.74, 6) is 0.612. The zero-order valence-corrected chi connectivity index (χ0v) is 14.2. The molecule has 24 heavy (non-hydrogen) atoms. The summed E-state index contributed by atoms with van der Waals surface area (Å²) in [6.45, 7) is 4.87. The molecule has 3 N–H and O–H groups in total. The molecule has 6 heteroatoms. The van der Waals surface area contributed by atoms with Gasteiger partial charge in [0, 0.05) is 12.5 Å². The molecule has 0 saturated carbocycles. The van der Waals surface area contributed by atoms with Crippen LogP contribution in [0.1, 0.15) is 51.1 Å². The lowest BCUT2D eigenvalue weighted by atomic mass is 10.0. The summed E-state index contributed by atoms with van der Waals surface area (Å²) in [6.07, 6.45) is 2.88. The second-order valence-electron chi connectivity index (χ2n) is 6.55. The van der Waals surface area contributed by atoms with Crippen molar-refractivity contribution in [1.82, 2.24) is 10.6 Å². The van der Waals surface area contributed by atoms with Crippen LogP contribution >= 0.6 is 0 Å². The summed E-state index contributed by atoms with van der Waals surface area (Å²) in [5, 5.41) is 9.23. The monoisotopic (exact) mass is 331 g/mol. The van der Waals surface area contributed by atoms with Gasteiger partial charge in [-0.3, -0.25) is 9.59 Å². The molecule has 0 spiro atoms. The highest BCUT2D eigenvalue weighted by molar-refractivity contribution is 5.97. The third-order valence-electron chi connectivity index (χ3n) is 4.67. The fourth-order valence-electron chi connectivity index (χ4n) is 3.24. The molecule has 1 fully saturated rings. The van der Waals surface area contributed by atoms with Crippen LogP contribution in [0, 0.1) is 0 Å². The number of nitrogens with one attached hydrogen (secondary N) is 3. The Balaban J connectivity index is 1.64. The molecular formula is C18H25N3O3. The predicted molar refractivity (Wildman–Crippen MR) is 92.0 cm³/mol. The highest BCUT2D eigenvalue weighted by Gasteiger charge is 2.26. The van der Waals surface area contributed by atoms with Gasteiger partial charge in [0.2, 0.25) is 5.91 Å². The SMILES string of the molecule is CCC1Oc2cc(C(C)NC(=O)CC3CCCN3)ccc2NC1=O. The Labute approximate surface area is 142 Å². The standard InChI is InChI=1S/C18H25N3O3/c1-3-15-18(23)21-14-7-6-12(9-16(14)24-15)11(2)20-17(22)10-13-5-4-8-19-13/h6-7,9,11,13,15,19H,3-5,8,10H2,1-2H3,(H,20,22)(H,21,23). The summed E-state index contributed by atoms with van der Waals surface area (Å²) >= 11 is 0. The number of hydrogen-bond acceptors (Lipinski definition) is 4. The van der Waals surface area contributed by atoms with E-state index in [0.717, 1.165) is 24.9 Å². The number of rotatable bonds is 5. The smallest absolute Gasteiger partial charge is 0.265 e. The Bertz CT molecular complexity index is 626. The maximum atomic E-state index is 12.2. The molecular weight excluding hydrogens is 306 g/mol. The van der Waals surface area contributed by atoms with Crippen LogP contribution in [0.2, 0.25) is 0 Å². The summed E-state index contributed by atoms with van der Waals surface area (Å²) in [4.78, 5) is 24.0. The zero-order valence-electron chi connectivity index (χ0n) is 14.2. The molecule has 0 aromatic heterocycles. The number of anilines is 1. The van der Waals surface area contributed by atoms with E-state index in [9.17, 15) is 9.59 Å². The number of amides is 2. The Morgan fingerprint density at radius 3 is 3.00 bits per heavy atom. The number of carbonyl (C=O) groups excluding carboxylic acids is 2. The molecule has 2 aliphatic heterocycles. The second kappa shape index (κ2) is 7.21. The molecule has 2 heterocycles. The van der Waals surface area contributed by atoms with Crippen LogP contribution in [-0.2, 0) is 9.59 Å². The van der Waals surface area contributed by atoms with E-state index in [4.69, 9.17) is 4.74 Å². The number of benzene rings is 1. The summed E-state index contributed by atoms with van der Waals surface area (Å²) < 4.78 is 5.76. The van der Waals surface area contributed by atoms with Gasteiger partial charge in [-0.1, -0.05) is 13.0 Å². The molecule has 2 amide bonds. The lowest BCUT2D eigenvalue weighted by Crippen LogP contribution is -2.36. The summed E-state index contributed by atoms with van der Waals surface area (Å²) in [6, 6.07) is 5.83. The molecule has 3 unspecified atom stereocenters. The Hall–Kier alpha value is -2.08. The van der Waals surface area contributed by atoms with Crippen LogP contribution in [0.4, 0.5) is 5.69 Å². The molecule has 3 atom stereocenters. The average molecular weight is 331 g/mol. The number of ether oxygens (including phenoxy) is 1. The average Bonchev–Trinajstić information content (AvgIpc) is 3.06. The van der Waals surface area contributed by atoms with Gasteiger partial charge in [-0.2, -0.15) is 0 Å². The molecule has 1 saturated heterocycles. The van der Waals surface area contributed by atoms with E-state index in [1.54, 1.807) is 0 Å². The van der Waals surface area contributed by atoms with Crippen molar-refractivity contribution >= 4 is 17.5 Å². The van der Waals surface area contributed by atoms with Gasteiger partial charge in [-0.05, 0) is 50.4 Å². The largest absolute Gasteiger partial charge is 0.478 e. The molecule has 6 nitrogen and oxygen atoms in total. The molecule has 2 aliphatic rings. The van der Waals surface area contributed by atoms with Crippen molar-refractivity contribution in [2.75, 3.05) is 11.9 Å². The first-order valence-electron chi connectivity index (χ1n) is 8.71. The Morgan fingerprint density at radius 1 is 1.46 bits per heavy atom. The minimum absolute atomic E-state index is 0.0558. The first-order valence-corrected chi connectivity index (χ1v) is 8.71. The Morgan fingerprint density at radius 2 is 2.29 bits per heavy atom. The minimum atomic E-state index is -0.453. The molecule has 130 valence electrons. The minimum Gasteiger partial charge on any atom is -0.478 e. The van der Waals surface area contributed by atoms with E-state index >= 15 is 0 Å². The second-order valence-corrected chi connectivity index (χ2v) is 6.55. The van der Waals surface area contributed by atoms with Crippen LogP contribution in [0.5, 0.6) is 5.75 Å². The summed E-state index contributed by atoms with van der Waals surface area (Å²) in [7, 11) is 0. The van der Waals surface area contributed by atoms with Gasteiger partial charge < -0.3 is 20.7 Å². The van der Waals surface area contributed by atoms with E-state index in [2.05, 4.69) is 16.0 Å². The maximum absolute atomic E-state index is 12.2. The van der Waals surface area contributed by atoms with E-state index < -0.39 is 6.10 Å². The first-order chi connectivity index (χ1) is 11.6. The van der Waals surface area contributed by atoms with Crippen molar-refractivity contribution in [3.8, 4) is 5.75 Å². The topological polar surface area (TPSA) is 79.5 Å². The normalized spacial score (nSPS) is 23.8. The quantitative estimate of drug-likeness (QED) is 0.772. The first kappa shape index (κ1) is 16.8. The lowest BCUT2D eigenvalue weighted by molar-refractivity contribution is -0.123. The molecule has 0 radical (unpaired) electrons.